The van der Waals surface area contributed by atoms with Gasteiger partial charge in [0.1, 0.15) is 5.75 Å². The molecule has 0 aliphatic heterocycles. The molecular weight excluding hydrogens is 452 g/mol. The Hall–Kier alpha value is -1.90. The van der Waals surface area contributed by atoms with Crippen molar-refractivity contribution in [1.29, 1.82) is 0 Å². The maximum Gasteiger partial charge on any atom is 0.159 e. The Labute approximate surface area is 228 Å². The van der Waals surface area contributed by atoms with E-state index < -0.39 is 0 Å². The summed E-state index contributed by atoms with van der Waals surface area (Å²) in [6.07, 6.45) is 29.9. The van der Waals surface area contributed by atoms with Crippen LogP contribution in [0.25, 0.3) is 11.4 Å². The van der Waals surface area contributed by atoms with Crippen LogP contribution >= 0.6 is 0 Å². The third-order valence-corrected chi connectivity index (χ3v) is 8.34. The Balaban J connectivity index is 1.25. The average molecular weight is 507 g/mol. The first kappa shape index (κ1) is 29.7. The number of aryl methyl sites for hydroxylation is 1. The first-order chi connectivity index (χ1) is 18.3. The molecule has 206 valence electrons. The van der Waals surface area contributed by atoms with E-state index in [1.807, 2.05) is 12.4 Å². The second-order valence-corrected chi connectivity index (χ2v) is 11.5. The van der Waals surface area contributed by atoms with Crippen LogP contribution in [-0.2, 0) is 6.42 Å². The number of rotatable bonds is 19. The molecular formula is C34H54N2O. The number of unbranched alkanes of at least 4 members (excludes halogenated alkanes) is 9. The van der Waals surface area contributed by atoms with Crippen molar-refractivity contribution >= 4 is 0 Å². The first-order valence-electron chi connectivity index (χ1n) is 15.8. The second-order valence-electron chi connectivity index (χ2n) is 11.5. The molecule has 1 aromatic carbocycles. The van der Waals surface area contributed by atoms with E-state index in [2.05, 4.69) is 48.1 Å². The van der Waals surface area contributed by atoms with Crippen molar-refractivity contribution in [3.8, 4) is 17.1 Å². The van der Waals surface area contributed by atoms with Gasteiger partial charge in [0.2, 0.25) is 0 Å². The Bertz CT molecular complexity index is 809. The molecule has 1 aliphatic carbocycles. The summed E-state index contributed by atoms with van der Waals surface area (Å²) in [5.41, 5.74) is 2.30. The summed E-state index contributed by atoms with van der Waals surface area (Å²) in [4.78, 5) is 9.21. The zero-order chi connectivity index (χ0) is 26.0. The van der Waals surface area contributed by atoms with Gasteiger partial charge in [0, 0.05) is 18.0 Å². The molecule has 0 atom stereocenters. The zero-order valence-corrected chi connectivity index (χ0v) is 24.1. The standard InChI is InChI=1S/C34H54N2O/c1-3-5-7-9-11-12-15-29-18-20-30(21-19-29)17-14-26-37-33-24-22-32(23-25-33)34-35-27-31(28-36-34)16-13-10-8-6-4-2/h22-25,27-30H,3-21,26H2,1-2H3. The normalized spacial score (nSPS) is 17.7. The fraction of sp³-hybridized carbons (Fsp3) is 0.706. The lowest BCUT2D eigenvalue weighted by atomic mass is 9.78. The quantitative estimate of drug-likeness (QED) is 0.178. The van der Waals surface area contributed by atoms with Crippen molar-refractivity contribution in [1.82, 2.24) is 9.97 Å². The van der Waals surface area contributed by atoms with Crippen LogP contribution in [0.4, 0.5) is 0 Å². The largest absolute Gasteiger partial charge is 0.494 e. The van der Waals surface area contributed by atoms with Crippen LogP contribution in [-0.4, -0.2) is 16.6 Å². The minimum Gasteiger partial charge on any atom is -0.494 e. The molecule has 1 fully saturated rings. The number of benzene rings is 1. The van der Waals surface area contributed by atoms with E-state index in [1.54, 1.807) is 0 Å². The number of hydrogen-bond acceptors (Lipinski definition) is 3. The van der Waals surface area contributed by atoms with Crippen LogP contribution in [0.15, 0.2) is 36.7 Å². The highest BCUT2D eigenvalue weighted by Gasteiger charge is 2.20. The lowest BCUT2D eigenvalue weighted by molar-refractivity contribution is 0.228. The van der Waals surface area contributed by atoms with E-state index >= 15 is 0 Å². The van der Waals surface area contributed by atoms with Crippen molar-refractivity contribution in [2.24, 2.45) is 11.8 Å². The summed E-state index contributed by atoms with van der Waals surface area (Å²) in [6, 6.07) is 8.29. The summed E-state index contributed by atoms with van der Waals surface area (Å²) in [6.45, 7) is 5.38. The molecule has 0 unspecified atom stereocenters. The summed E-state index contributed by atoms with van der Waals surface area (Å²) in [5.74, 6) is 3.68. The lowest BCUT2D eigenvalue weighted by Crippen LogP contribution is -2.15. The van der Waals surface area contributed by atoms with Crippen molar-refractivity contribution < 1.29 is 4.74 Å². The minimum atomic E-state index is 0.799. The van der Waals surface area contributed by atoms with Crippen molar-refractivity contribution in [3.63, 3.8) is 0 Å². The summed E-state index contributed by atoms with van der Waals surface area (Å²) in [7, 11) is 0. The summed E-state index contributed by atoms with van der Waals surface area (Å²) in [5, 5.41) is 0. The number of hydrogen-bond donors (Lipinski definition) is 0. The molecule has 37 heavy (non-hydrogen) atoms. The maximum absolute atomic E-state index is 6.05. The van der Waals surface area contributed by atoms with Crippen molar-refractivity contribution in [3.05, 3.63) is 42.2 Å². The zero-order valence-electron chi connectivity index (χ0n) is 24.1. The predicted octanol–water partition coefficient (Wildman–Crippen LogP) is 10.4. The third kappa shape index (κ3) is 12.0. The van der Waals surface area contributed by atoms with Crippen molar-refractivity contribution in [2.75, 3.05) is 6.61 Å². The molecule has 3 nitrogen and oxygen atoms in total. The lowest BCUT2D eigenvalue weighted by Gasteiger charge is -2.28. The van der Waals surface area contributed by atoms with E-state index in [1.165, 1.54) is 115 Å². The Morgan fingerprint density at radius 2 is 1.19 bits per heavy atom. The average Bonchev–Trinajstić information content (AvgIpc) is 2.94. The number of aromatic nitrogens is 2. The molecule has 0 bridgehead atoms. The van der Waals surface area contributed by atoms with E-state index in [0.717, 1.165) is 48.4 Å². The molecule has 2 aromatic rings. The summed E-state index contributed by atoms with van der Waals surface area (Å²) >= 11 is 0. The van der Waals surface area contributed by atoms with E-state index in [4.69, 9.17) is 4.74 Å². The SMILES string of the molecule is CCCCCCCCC1CCC(CCCOc2ccc(-c3ncc(CCCCCCC)cn3)cc2)CC1. The van der Waals surface area contributed by atoms with Crippen LogP contribution in [0.5, 0.6) is 5.75 Å². The van der Waals surface area contributed by atoms with Crippen LogP contribution in [0.3, 0.4) is 0 Å². The smallest absolute Gasteiger partial charge is 0.159 e. The molecule has 3 heteroatoms. The Kier molecular flexibility index (Phi) is 14.7. The highest BCUT2D eigenvalue weighted by Crippen LogP contribution is 2.34. The highest BCUT2D eigenvalue weighted by molar-refractivity contribution is 5.55. The fourth-order valence-electron chi connectivity index (χ4n) is 5.85. The molecule has 0 amide bonds. The topological polar surface area (TPSA) is 35.0 Å². The Morgan fingerprint density at radius 1 is 0.649 bits per heavy atom. The van der Waals surface area contributed by atoms with Gasteiger partial charge in [-0.15, -0.1) is 0 Å². The van der Waals surface area contributed by atoms with E-state index in [9.17, 15) is 0 Å². The fourth-order valence-corrected chi connectivity index (χ4v) is 5.85. The van der Waals surface area contributed by atoms with Gasteiger partial charge in [0.15, 0.2) is 5.82 Å². The van der Waals surface area contributed by atoms with Crippen LogP contribution in [0, 0.1) is 11.8 Å². The van der Waals surface area contributed by atoms with Gasteiger partial charge in [-0.2, -0.15) is 0 Å². The number of nitrogens with zero attached hydrogens (tertiary/aromatic N) is 2. The molecule has 0 radical (unpaired) electrons. The highest BCUT2D eigenvalue weighted by atomic mass is 16.5. The summed E-state index contributed by atoms with van der Waals surface area (Å²) < 4.78 is 6.05. The molecule has 1 aromatic heterocycles. The predicted molar refractivity (Wildman–Crippen MR) is 158 cm³/mol. The van der Waals surface area contributed by atoms with Gasteiger partial charge in [0.05, 0.1) is 6.61 Å². The van der Waals surface area contributed by atoms with E-state index in [-0.39, 0.29) is 0 Å². The van der Waals surface area contributed by atoms with Crippen LogP contribution in [0.2, 0.25) is 0 Å². The molecule has 1 saturated carbocycles. The van der Waals surface area contributed by atoms with Gasteiger partial charge in [-0.25, -0.2) is 9.97 Å². The van der Waals surface area contributed by atoms with Crippen molar-refractivity contribution in [2.45, 2.75) is 136 Å². The monoisotopic (exact) mass is 506 g/mol. The second kappa shape index (κ2) is 18.4. The van der Waals surface area contributed by atoms with E-state index in [0.29, 0.717) is 0 Å². The molecule has 1 heterocycles. The van der Waals surface area contributed by atoms with Crippen LogP contribution < -0.4 is 4.74 Å². The van der Waals surface area contributed by atoms with Gasteiger partial charge in [-0.05, 0) is 67.3 Å². The molecule has 0 spiro atoms. The first-order valence-corrected chi connectivity index (χ1v) is 15.8. The number of ether oxygens (including phenoxy) is 1. The molecule has 0 saturated heterocycles. The van der Waals surface area contributed by atoms with Gasteiger partial charge in [0.25, 0.3) is 0 Å². The molecule has 1 aliphatic rings. The maximum atomic E-state index is 6.05. The minimum absolute atomic E-state index is 0.799. The van der Waals surface area contributed by atoms with Gasteiger partial charge in [-0.3, -0.25) is 0 Å². The molecule has 0 N–H and O–H groups in total. The molecule has 3 rings (SSSR count). The third-order valence-electron chi connectivity index (χ3n) is 8.34. The van der Waals surface area contributed by atoms with Crippen LogP contribution in [0.1, 0.15) is 135 Å². The Morgan fingerprint density at radius 3 is 1.81 bits per heavy atom. The van der Waals surface area contributed by atoms with Gasteiger partial charge in [-0.1, -0.05) is 110 Å². The van der Waals surface area contributed by atoms with Gasteiger partial charge >= 0.3 is 0 Å². The van der Waals surface area contributed by atoms with Gasteiger partial charge < -0.3 is 4.74 Å².